The van der Waals surface area contributed by atoms with Gasteiger partial charge in [-0.25, -0.2) is 9.18 Å². The minimum atomic E-state index is -4.96. The van der Waals surface area contributed by atoms with Gasteiger partial charge >= 0.3 is 12.4 Å². The number of aromatic nitrogens is 2. The number of thiophene rings is 1. The highest BCUT2D eigenvalue weighted by molar-refractivity contribution is 7.23. The molecular formula is C20H20F4N6O3S. The van der Waals surface area contributed by atoms with Crippen molar-refractivity contribution in [2.24, 2.45) is 0 Å². The molecule has 2 aliphatic rings. The van der Waals surface area contributed by atoms with Crippen molar-refractivity contribution in [2.75, 3.05) is 32.0 Å². The lowest BCUT2D eigenvalue weighted by Gasteiger charge is -2.33. The van der Waals surface area contributed by atoms with Crippen molar-refractivity contribution in [3.63, 3.8) is 0 Å². The van der Waals surface area contributed by atoms with Crippen LogP contribution in [0, 0.1) is 0 Å². The van der Waals surface area contributed by atoms with Crippen LogP contribution in [0.25, 0.3) is 20.8 Å². The van der Waals surface area contributed by atoms with E-state index in [2.05, 4.69) is 30.8 Å². The quantitative estimate of drug-likeness (QED) is 0.460. The first kappa shape index (κ1) is 22.7. The molecule has 2 amide bonds. The van der Waals surface area contributed by atoms with Gasteiger partial charge in [-0.05, 0) is 25.6 Å². The number of rotatable bonds is 5. The average Bonchev–Trinajstić information content (AvgIpc) is 3.48. The summed E-state index contributed by atoms with van der Waals surface area (Å²) in [6, 6.07) is 3.27. The number of ether oxygens (including phenoxy) is 1. The Morgan fingerprint density at radius 1 is 1.35 bits per heavy atom. The van der Waals surface area contributed by atoms with Crippen molar-refractivity contribution in [1.82, 2.24) is 25.7 Å². The van der Waals surface area contributed by atoms with Gasteiger partial charge in [0.1, 0.15) is 17.1 Å². The first-order valence-corrected chi connectivity index (χ1v) is 11.3. The number of hydrogen-bond donors (Lipinski definition) is 3. The molecule has 4 heterocycles. The highest BCUT2D eigenvalue weighted by Crippen LogP contribution is 2.48. The molecule has 182 valence electrons. The number of nitrogens with one attached hydrogen (secondary N) is 3. The molecule has 2 aliphatic heterocycles. The van der Waals surface area contributed by atoms with Crippen LogP contribution >= 0.6 is 11.3 Å². The van der Waals surface area contributed by atoms with E-state index >= 15 is 0 Å². The van der Waals surface area contributed by atoms with Gasteiger partial charge in [-0.2, -0.15) is 4.98 Å². The van der Waals surface area contributed by atoms with E-state index in [0.29, 0.717) is 23.4 Å². The van der Waals surface area contributed by atoms with Crippen molar-refractivity contribution in [1.29, 1.82) is 0 Å². The standard InChI is InChI=1S/C20H20F4N6O3S/c1-30-6-5-11(10(21)8-30)26-12-4-2-3-9-14(32-20(22,23)24)16(34-15(9)12)17-28-18(33-29-17)13-7-25-19(31)27-13/h2-4,10-11,13,26H,5-8H2,1H3,(H2,25,27,31)/t10-,11+,13+/m0/s1. The minimum absolute atomic E-state index is 0.00836. The molecule has 0 saturated carbocycles. The number of anilines is 1. The molecule has 2 fully saturated rings. The van der Waals surface area contributed by atoms with E-state index in [1.165, 1.54) is 6.07 Å². The van der Waals surface area contributed by atoms with Gasteiger partial charge in [0.25, 0.3) is 5.89 Å². The Balaban J connectivity index is 1.53. The molecule has 0 bridgehead atoms. The molecule has 3 N–H and O–H groups in total. The van der Waals surface area contributed by atoms with Gasteiger partial charge in [-0.15, -0.1) is 24.5 Å². The Morgan fingerprint density at radius 3 is 2.88 bits per heavy atom. The Labute approximate surface area is 194 Å². The fourth-order valence-electron chi connectivity index (χ4n) is 4.07. The third kappa shape index (κ3) is 4.46. The van der Waals surface area contributed by atoms with Crippen LogP contribution in [-0.2, 0) is 0 Å². The fourth-order valence-corrected chi connectivity index (χ4v) is 5.20. The molecule has 5 rings (SSSR count). The van der Waals surface area contributed by atoms with Gasteiger partial charge < -0.3 is 30.1 Å². The maximum atomic E-state index is 14.6. The van der Waals surface area contributed by atoms with E-state index in [1.54, 1.807) is 12.1 Å². The zero-order chi connectivity index (χ0) is 24.0. The van der Waals surface area contributed by atoms with Crippen LogP contribution in [0.15, 0.2) is 22.7 Å². The Bertz CT molecular complexity index is 1210. The number of carbonyl (C=O) groups is 1. The molecule has 1 aromatic carbocycles. The largest absolute Gasteiger partial charge is 0.573 e. The van der Waals surface area contributed by atoms with Crippen LogP contribution in [0.1, 0.15) is 18.4 Å². The Hall–Kier alpha value is -3.13. The van der Waals surface area contributed by atoms with Crippen molar-refractivity contribution < 1.29 is 31.6 Å². The van der Waals surface area contributed by atoms with Gasteiger partial charge in [0.2, 0.25) is 5.82 Å². The fraction of sp³-hybridized carbons (Fsp3) is 0.450. The van der Waals surface area contributed by atoms with Gasteiger partial charge in [0.15, 0.2) is 5.75 Å². The number of carbonyl (C=O) groups excluding carboxylic acids is 1. The summed E-state index contributed by atoms with van der Waals surface area (Å²) < 4.78 is 64.5. The average molecular weight is 500 g/mol. The normalized spacial score (nSPS) is 23.7. The summed E-state index contributed by atoms with van der Waals surface area (Å²) in [6.07, 6.45) is -5.54. The highest BCUT2D eigenvalue weighted by atomic mass is 32.1. The van der Waals surface area contributed by atoms with E-state index in [0.717, 1.165) is 11.3 Å². The van der Waals surface area contributed by atoms with E-state index < -0.39 is 36.4 Å². The van der Waals surface area contributed by atoms with Crippen molar-refractivity contribution >= 4 is 33.1 Å². The van der Waals surface area contributed by atoms with E-state index in [9.17, 15) is 22.4 Å². The smallest absolute Gasteiger partial charge is 0.403 e. The molecule has 3 aromatic rings. The van der Waals surface area contributed by atoms with Crippen LogP contribution in [0.2, 0.25) is 0 Å². The lowest BCUT2D eigenvalue weighted by molar-refractivity contribution is -0.273. The molecule has 0 aliphatic carbocycles. The van der Waals surface area contributed by atoms with Gasteiger partial charge in [0, 0.05) is 25.0 Å². The van der Waals surface area contributed by atoms with Gasteiger partial charge in [-0.3, -0.25) is 0 Å². The SMILES string of the molecule is CN1CC[C@@H](Nc2cccc3c(OC(F)(F)F)c(-c4noc([C@H]5CNC(=O)N5)n4)sc23)[C@@H](F)C1. The molecule has 9 nitrogen and oxygen atoms in total. The third-order valence-electron chi connectivity index (χ3n) is 5.69. The molecule has 2 saturated heterocycles. The van der Waals surface area contributed by atoms with Crippen molar-refractivity contribution in [3.8, 4) is 16.5 Å². The second-order valence-electron chi connectivity index (χ2n) is 8.17. The maximum Gasteiger partial charge on any atom is 0.573 e. The summed E-state index contributed by atoms with van der Waals surface area (Å²) in [6.45, 7) is 1.17. The van der Waals surface area contributed by atoms with Crippen LogP contribution in [-0.4, -0.2) is 66.3 Å². The summed E-state index contributed by atoms with van der Waals surface area (Å²) in [5.41, 5.74) is 0.494. The predicted molar refractivity (Wildman–Crippen MR) is 115 cm³/mol. The monoisotopic (exact) mass is 500 g/mol. The molecule has 2 aromatic heterocycles. The Kier molecular flexibility index (Phi) is 5.72. The van der Waals surface area contributed by atoms with E-state index in [-0.39, 0.29) is 35.1 Å². The molecule has 3 atom stereocenters. The summed E-state index contributed by atoms with van der Waals surface area (Å²) in [5.74, 6) is -0.517. The maximum absolute atomic E-state index is 14.6. The van der Waals surface area contributed by atoms with E-state index in [1.807, 2.05) is 11.9 Å². The number of alkyl halides is 4. The topological polar surface area (TPSA) is 105 Å². The molecule has 34 heavy (non-hydrogen) atoms. The summed E-state index contributed by atoms with van der Waals surface area (Å²) in [5, 5.41) is 12.3. The molecule has 0 radical (unpaired) electrons. The summed E-state index contributed by atoms with van der Waals surface area (Å²) in [7, 11) is 1.84. The number of fused-ring (bicyclic) bond motifs is 1. The van der Waals surface area contributed by atoms with Crippen LogP contribution < -0.4 is 20.7 Å². The molecule has 0 spiro atoms. The number of hydrogen-bond acceptors (Lipinski definition) is 8. The number of halogens is 4. The number of urea groups is 1. The zero-order valence-corrected chi connectivity index (χ0v) is 18.6. The summed E-state index contributed by atoms with van der Waals surface area (Å²) in [4.78, 5) is 17.5. The number of nitrogens with zero attached hydrogens (tertiary/aromatic N) is 3. The molecule has 14 heteroatoms. The van der Waals surface area contributed by atoms with Crippen LogP contribution in [0.5, 0.6) is 5.75 Å². The number of benzene rings is 1. The van der Waals surface area contributed by atoms with Crippen LogP contribution in [0.4, 0.5) is 28.0 Å². The van der Waals surface area contributed by atoms with Gasteiger partial charge in [0.05, 0.1) is 16.4 Å². The third-order valence-corrected chi connectivity index (χ3v) is 6.90. The number of piperidine rings is 1. The molecule has 0 unspecified atom stereocenters. The predicted octanol–water partition coefficient (Wildman–Crippen LogP) is 3.66. The Morgan fingerprint density at radius 2 is 2.18 bits per heavy atom. The molecular weight excluding hydrogens is 480 g/mol. The number of likely N-dealkylation sites (tertiary alicyclic amines) is 1. The minimum Gasteiger partial charge on any atom is -0.403 e. The second-order valence-corrected chi connectivity index (χ2v) is 9.19. The lowest BCUT2D eigenvalue weighted by Crippen LogP contribution is -2.46. The number of amides is 2. The van der Waals surface area contributed by atoms with Crippen molar-refractivity contribution in [3.05, 3.63) is 24.1 Å². The highest BCUT2D eigenvalue weighted by Gasteiger charge is 2.36. The lowest BCUT2D eigenvalue weighted by atomic mass is 10.0. The first-order valence-electron chi connectivity index (χ1n) is 10.5. The second kappa shape index (κ2) is 8.58. The zero-order valence-electron chi connectivity index (χ0n) is 17.8. The van der Waals surface area contributed by atoms with E-state index in [4.69, 9.17) is 4.52 Å². The van der Waals surface area contributed by atoms with Crippen molar-refractivity contribution in [2.45, 2.75) is 31.0 Å². The van der Waals surface area contributed by atoms with Gasteiger partial charge in [-0.1, -0.05) is 11.2 Å². The van der Waals surface area contributed by atoms with Crippen LogP contribution in [0.3, 0.4) is 0 Å². The first-order chi connectivity index (χ1) is 16.2. The summed E-state index contributed by atoms with van der Waals surface area (Å²) >= 11 is 0.983.